The van der Waals surface area contributed by atoms with Gasteiger partial charge >= 0.3 is 0 Å². The van der Waals surface area contributed by atoms with Gasteiger partial charge in [-0.2, -0.15) is 0 Å². The van der Waals surface area contributed by atoms with Crippen LogP contribution in [0, 0.1) is 5.92 Å². The van der Waals surface area contributed by atoms with Gasteiger partial charge in [-0.15, -0.1) is 0 Å². The highest BCUT2D eigenvalue weighted by Crippen LogP contribution is 2.23. The molecule has 1 heterocycles. The molecule has 1 aliphatic rings. The second-order valence-electron chi connectivity index (χ2n) is 5.12. The maximum absolute atomic E-state index is 6.00. The first-order valence-corrected chi connectivity index (χ1v) is 5.47. The van der Waals surface area contributed by atoms with Crippen molar-refractivity contribution in [1.29, 1.82) is 0 Å². The lowest BCUT2D eigenvalue weighted by Gasteiger charge is -2.44. The van der Waals surface area contributed by atoms with Crippen LogP contribution in [-0.2, 0) is 4.74 Å². The molecule has 0 saturated carbocycles. The molecule has 0 amide bonds. The van der Waals surface area contributed by atoms with E-state index in [0.29, 0.717) is 12.0 Å². The Labute approximate surface area is 87.6 Å². The summed E-state index contributed by atoms with van der Waals surface area (Å²) in [7, 11) is 1.76. The van der Waals surface area contributed by atoms with Gasteiger partial charge in [0.05, 0.1) is 6.61 Å². The van der Waals surface area contributed by atoms with Crippen molar-refractivity contribution >= 4 is 0 Å². The van der Waals surface area contributed by atoms with Crippen LogP contribution in [0.4, 0.5) is 0 Å². The van der Waals surface area contributed by atoms with E-state index in [4.69, 9.17) is 10.5 Å². The molecule has 1 aliphatic heterocycles. The van der Waals surface area contributed by atoms with Gasteiger partial charge in [-0.25, -0.2) is 0 Å². The van der Waals surface area contributed by atoms with Gasteiger partial charge in [0.2, 0.25) is 0 Å². The van der Waals surface area contributed by atoms with Gasteiger partial charge in [0.25, 0.3) is 0 Å². The summed E-state index contributed by atoms with van der Waals surface area (Å²) in [6, 6.07) is 0.379. The zero-order valence-electron chi connectivity index (χ0n) is 9.92. The van der Waals surface area contributed by atoms with Crippen LogP contribution < -0.4 is 5.73 Å². The molecule has 0 radical (unpaired) electrons. The molecule has 0 spiro atoms. The van der Waals surface area contributed by atoms with Gasteiger partial charge < -0.3 is 10.5 Å². The van der Waals surface area contributed by atoms with Gasteiger partial charge in [0.1, 0.15) is 0 Å². The van der Waals surface area contributed by atoms with Crippen LogP contribution >= 0.6 is 0 Å². The predicted molar refractivity (Wildman–Crippen MR) is 59.3 cm³/mol. The Morgan fingerprint density at radius 2 is 2.14 bits per heavy atom. The first-order valence-electron chi connectivity index (χ1n) is 5.47. The molecule has 0 aliphatic carbocycles. The van der Waals surface area contributed by atoms with E-state index in [2.05, 4.69) is 25.7 Å². The number of rotatable bonds is 3. The van der Waals surface area contributed by atoms with Crippen molar-refractivity contribution in [3.05, 3.63) is 0 Å². The number of nitrogens with zero attached hydrogens (tertiary/aromatic N) is 1. The summed E-state index contributed by atoms with van der Waals surface area (Å²) in [5.74, 6) is 0.597. The SMILES string of the molecule is COCC(C)(C)N1CCC(N)C(C)C1. The standard InChI is InChI=1S/C11H24N2O/c1-9-7-13(6-5-10(9)12)11(2,3)8-14-4/h9-10H,5-8,12H2,1-4H3. The number of nitrogens with two attached hydrogens (primary N) is 1. The summed E-state index contributed by atoms with van der Waals surface area (Å²) in [6.45, 7) is 9.69. The van der Waals surface area contributed by atoms with Crippen LogP contribution in [0.25, 0.3) is 0 Å². The fourth-order valence-corrected chi connectivity index (χ4v) is 2.16. The third-order valence-corrected chi connectivity index (χ3v) is 3.33. The first kappa shape index (κ1) is 12.0. The van der Waals surface area contributed by atoms with Crippen molar-refractivity contribution in [1.82, 2.24) is 4.90 Å². The highest BCUT2D eigenvalue weighted by molar-refractivity contribution is 4.88. The average Bonchev–Trinajstić information content (AvgIpc) is 2.09. The van der Waals surface area contributed by atoms with Crippen LogP contribution in [0.1, 0.15) is 27.2 Å². The normalized spacial score (nSPS) is 30.6. The lowest BCUT2D eigenvalue weighted by Crippen LogP contribution is -2.55. The van der Waals surface area contributed by atoms with Crippen molar-refractivity contribution in [2.45, 2.75) is 38.8 Å². The van der Waals surface area contributed by atoms with Crippen LogP contribution in [0.2, 0.25) is 0 Å². The Morgan fingerprint density at radius 1 is 1.50 bits per heavy atom. The lowest BCUT2D eigenvalue weighted by atomic mass is 9.90. The minimum absolute atomic E-state index is 0.142. The molecule has 2 unspecified atom stereocenters. The van der Waals surface area contributed by atoms with E-state index in [9.17, 15) is 0 Å². The monoisotopic (exact) mass is 200 g/mol. The van der Waals surface area contributed by atoms with Gasteiger partial charge in [-0.3, -0.25) is 4.90 Å². The number of methoxy groups -OCH3 is 1. The highest BCUT2D eigenvalue weighted by Gasteiger charge is 2.32. The highest BCUT2D eigenvalue weighted by atomic mass is 16.5. The zero-order valence-corrected chi connectivity index (χ0v) is 9.92. The molecule has 2 N–H and O–H groups in total. The Kier molecular flexibility index (Phi) is 3.93. The second kappa shape index (κ2) is 4.60. The summed E-state index contributed by atoms with van der Waals surface area (Å²) >= 11 is 0. The first-order chi connectivity index (χ1) is 6.47. The van der Waals surface area contributed by atoms with Gasteiger partial charge in [0.15, 0.2) is 0 Å². The maximum Gasteiger partial charge on any atom is 0.0641 e. The molecule has 3 nitrogen and oxygen atoms in total. The molecule has 1 rings (SSSR count). The molecule has 2 atom stereocenters. The van der Waals surface area contributed by atoms with E-state index in [1.807, 2.05) is 0 Å². The Morgan fingerprint density at radius 3 is 2.64 bits per heavy atom. The molecular weight excluding hydrogens is 176 g/mol. The molecule has 84 valence electrons. The third kappa shape index (κ3) is 2.69. The number of ether oxygens (including phenoxy) is 1. The van der Waals surface area contributed by atoms with E-state index in [0.717, 1.165) is 26.1 Å². The number of likely N-dealkylation sites (tertiary alicyclic amines) is 1. The predicted octanol–water partition coefficient (Wildman–Crippen LogP) is 1.08. The smallest absolute Gasteiger partial charge is 0.0641 e. The molecule has 1 saturated heterocycles. The Bertz CT molecular complexity index is 182. The summed E-state index contributed by atoms with van der Waals surface area (Å²) in [5, 5.41) is 0. The van der Waals surface area contributed by atoms with Crippen molar-refractivity contribution in [3.8, 4) is 0 Å². The fourth-order valence-electron chi connectivity index (χ4n) is 2.16. The summed E-state index contributed by atoms with van der Waals surface area (Å²) in [6.07, 6.45) is 1.11. The van der Waals surface area contributed by atoms with Crippen LogP contribution in [0.5, 0.6) is 0 Å². The van der Waals surface area contributed by atoms with E-state index in [1.54, 1.807) is 7.11 Å². The quantitative estimate of drug-likeness (QED) is 0.741. The topological polar surface area (TPSA) is 38.5 Å². The van der Waals surface area contributed by atoms with Gasteiger partial charge in [-0.05, 0) is 26.2 Å². The Hall–Kier alpha value is -0.120. The van der Waals surface area contributed by atoms with E-state index in [1.165, 1.54) is 0 Å². The molecule has 0 aromatic rings. The van der Waals surface area contributed by atoms with E-state index >= 15 is 0 Å². The van der Waals surface area contributed by atoms with Crippen molar-refractivity contribution in [2.24, 2.45) is 11.7 Å². The van der Waals surface area contributed by atoms with Crippen LogP contribution in [0.15, 0.2) is 0 Å². The molecule has 3 heteroatoms. The number of piperidine rings is 1. The summed E-state index contributed by atoms with van der Waals surface area (Å²) in [5.41, 5.74) is 6.14. The largest absolute Gasteiger partial charge is 0.383 e. The van der Waals surface area contributed by atoms with Gasteiger partial charge in [-0.1, -0.05) is 6.92 Å². The summed E-state index contributed by atoms with van der Waals surface area (Å²) < 4.78 is 5.25. The van der Waals surface area contributed by atoms with E-state index < -0.39 is 0 Å². The Balaban J connectivity index is 2.53. The second-order valence-corrected chi connectivity index (χ2v) is 5.12. The third-order valence-electron chi connectivity index (χ3n) is 3.33. The molecule has 14 heavy (non-hydrogen) atoms. The van der Waals surface area contributed by atoms with Crippen molar-refractivity contribution in [3.63, 3.8) is 0 Å². The molecular formula is C11H24N2O. The molecule has 0 aromatic heterocycles. The molecule has 0 bridgehead atoms. The average molecular weight is 200 g/mol. The molecule has 0 aromatic carbocycles. The minimum atomic E-state index is 0.142. The minimum Gasteiger partial charge on any atom is -0.383 e. The fraction of sp³-hybridized carbons (Fsp3) is 1.00. The van der Waals surface area contributed by atoms with Crippen LogP contribution in [0.3, 0.4) is 0 Å². The maximum atomic E-state index is 6.00. The van der Waals surface area contributed by atoms with Gasteiger partial charge in [0, 0.05) is 31.8 Å². The number of hydrogen-bond acceptors (Lipinski definition) is 3. The van der Waals surface area contributed by atoms with Crippen LogP contribution in [-0.4, -0.2) is 43.3 Å². The zero-order chi connectivity index (χ0) is 10.8. The van der Waals surface area contributed by atoms with Crippen molar-refractivity contribution in [2.75, 3.05) is 26.8 Å². The lowest BCUT2D eigenvalue weighted by molar-refractivity contribution is 0.00525. The number of hydrogen-bond donors (Lipinski definition) is 1. The van der Waals surface area contributed by atoms with E-state index in [-0.39, 0.29) is 5.54 Å². The molecule has 1 fully saturated rings. The van der Waals surface area contributed by atoms with Crippen molar-refractivity contribution < 1.29 is 4.74 Å². The summed E-state index contributed by atoms with van der Waals surface area (Å²) in [4.78, 5) is 2.49.